The van der Waals surface area contributed by atoms with Crippen LogP contribution in [0.25, 0.3) is 0 Å². The lowest BCUT2D eigenvalue weighted by Crippen LogP contribution is -2.19. The van der Waals surface area contributed by atoms with Crippen LogP contribution in [-0.4, -0.2) is 28.8 Å². The number of aromatic nitrogens is 1. The number of hydrogen-bond donors (Lipinski definition) is 0. The molecule has 0 bridgehead atoms. The zero-order valence-corrected chi connectivity index (χ0v) is 10.6. The Morgan fingerprint density at radius 2 is 2.06 bits per heavy atom. The van der Waals surface area contributed by atoms with E-state index in [-0.39, 0.29) is 11.7 Å². The summed E-state index contributed by atoms with van der Waals surface area (Å²) in [6.07, 6.45) is 4.31. The minimum absolute atomic E-state index is 0.0428. The first-order chi connectivity index (χ1) is 8.16. The highest BCUT2D eigenvalue weighted by Gasteiger charge is 2.14. The zero-order chi connectivity index (χ0) is 12.3. The molecule has 1 aromatic rings. The van der Waals surface area contributed by atoms with Gasteiger partial charge in [-0.3, -0.25) is 14.7 Å². The molecule has 17 heavy (non-hydrogen) atoms. The molecule has 0 atom stereocenters. The molecule has 1 saturated heterocycles. The minimum atomic E-state index is 0.0428. The SMILES string of the molecule is CC(C)C(=O)c1ccc(CN2CCCC2)nc1. The number of likely N-dealkylation sites (tertiary alicyclic amines) is 1. The number of hydrogen-bond acceptors (Lipinski definition) is 3. The molecule has 1 aliphatic heterocycles. The summed E-state index contributed by atoms with van der Waals surface area (Å²) in [4.78, 5) is 18.5. The maximum absolute atomic E-state index is 11.7. The van der Waals surface area contributed by atoms with Crippen LogP contribution in [-0.2, 0) is 6.54 Å². The van der Waals surface area contributed by atoms with Gasteiger partial charge in [-0.25, -0.2) is 0 Å². The number of pyridine rings is 1. The fourth-order valence-electron chi connectivity index (χ4n) is 2.17. The average Bonchev–Trinajstić information content (AvgIpc) is 2.82. The van der Waals surface area contributed by atoms with Gasteiger partial charge in [-0.1, -0.05) is 13.8 Å². The zero-order valence-electron chi connectivity index (χ0n) is 10.6. The Morgan fingerprint density at radius 1 is 1.35 bits per heavy atom. The van der Waals surface area contributed by atoms with Crippen molar-refractivity contribution in [3.05, 3.63) is 29.6 Å². The van der Waals surface area contributed by atoms with E-state index in [4.69, 9.17) is 0 Å². The Balaban J connectivity index is 1.99. The first-order valence-corrected chi connectivity index (χ1v) is 6.38. The molecule has 0 unspecified atom stereocenters. The topological polar surface area (TPSA) is 33.2 Å². The van der Waals surface area contributed by atoms with Gasteiger partial charge in [0.2, 0.25) is 0 Å². The lowest BCUT2D eigenvalue weighted by Gasteiger charge is -2.13. The highest BCUT2D eigenvalue weighted by atomic mass is 16.1. The monoisotopic (exact) mass is 232 g/mol. The Bertz CT molecular complexity index is 378. The first-order valence-electron chi connectivity index (χ1n) is 6.38. The first kappa shape index (κ1) is 12.2. The quantitative estimate of drug-likeness (QED) is 0.748. The van der Waals surface area contributed by atoms with Crippen molar-refractivity contribution >= 4 is 5.78 Å². The van der Waals surface area contributed by atoms with Crippen molar-refractivity contribution in [2.75, 3.05) is 13.1 Å². The van der Waals surface area contributed by atoms with Crippen molar-refractivity contribution < 1.29 is 4.79 Å². The van der Waals surface area contributed by atoms with E-state index in [0.29, 0.717) is 0 Å². The second-order valence-corrected chi connectivity index (χ2v) is 5.04. The third kappa shape index (κ3) is 3.13. The second kappa shape index (κ2) is 5.41. The maximum atomic E-state index is 11.7. The van der Waals surface area contributed by atoms with Crippen molar-refractivity contribution in [1.82, 2.24) is 9.88 Å². The second-order valence-electron chi connectivity index (χ2n) is 5.04. The van der Waals surface area contributed by atoms with Crippen LogP contribution < -0.4 is 0 Å². The van der Waals surface area contributed by atoms with Crippen LogP contribution in [0.1, 0.15) is 42.7 Å². The largest absolute Gasteiger partial charge is 0.298 e. The molecular weight excluding hydrogens is 212 g/mol. The highest BCUT2D eigenvalue weighted by Crippen LogP contribution is 2.12. The molecule has 0 saturated carbocycles. The molecule has 0 radical (unpaired) electrons. The fraction of sp³-hybridized carbons (Fsp3) is 0.571. The lowest BCUT2D eigenvalue weighted by molar-refractivity contribution is 0.0939. The number of nitrogens with zero attached hydrogens (tertiary/aromatic N) is 2. The molecule has 3 heteroatoms. The Kier molecular flexibility index (Phi) is 3.89. The lowest BCUT2D eigenvalue weighted by atomic mass is 10.0. The molecule has 92 valence electrons. The summed E-state index contributed by atoms with van der Waals surface area (Å²) in [5.74, 6) is 0.214. The fourth-order valence-corrected chi connectivity index (χ4v) is 2.17. The molecule has 0 spiro atoms. The van der Waals surface area contributed by atoms with E-state index in [1.807, 2.05) is 26.0 Å². The molecule has 1 aromatic heterocycles. The molecular formula is C14H20N2O. The predicted molar refractivity (Wildman–Crippen MR) is 67.9 cm³/mol. The van der Waals surface area contributed by atoms with Gasteiger partial charge >= 0.3 is 0 Å². The van der Waals surface area contributed by atoms with Gasteiger partial charge in [-0.05, 0) is 38.1 Å². The van der Waals surface area contributed by atoms with Crippen molar-refractivity contribution in [3.8, 4) is 0 Å². The van der Waals surface area contributed by atoms with Crippen molar-refractivity contribution in [1.29, 1.82) is 0 Å². The van der Waals surface area contributed by atoms with Gasteiger partial charge in [0.05, 0.1) is 5.69 Å². The molecule has 2 rings (SSSR count). The molecule has 0 amide bonds. The van der Waals surface area contributed by atoms with Crippen LogP contribution in [0.2, 0.25) is 0 Å². The van der Waals surface area contributed by atoms with Crippen LogP contribution in [0.15, 0.2) is 18.3 Å². The smallest absolute Gasteiger partial charge is 0.166 e. The van der Waals surface area contributed by atoms with Crippen LogP contribution in [0, 0.1) is 5.92 Å². The molecule has 3 nitrogen and oxygen atoms in total. The van der Waals surface area contributed by atoms with Crippen molar-refractivity contribution in [2.45, 2.75) is 33.2 Å². The maximum Gasteiger partial charge on any atom is 0.166 e. The van der Waals surface area contributed by atoms with E-state index < -0.39 is 0 Å². The van der Waals surface area contributed by atoms with E-state index in [1.54, 1.807) is 6.20 Å². The van der Waals surface area contributed by atoms with Crippen LogP contribution >= 0.6 is 0 Å². The molecule has 0 aliphatic carbocycles. The van der Waals surface area contributed by atoms with Crippen LogP contribution in [0.4, 0.5) is 0 Å². The van der Waals surface area contributed by atoms with Crippen LogP contribution in [0.3, 0.4) is 0 Å². The third-order valence-electron chi connectivity index (χ3n) is 3.22. The normalized spacial score (nSPS) is 16.6. The Hall–Kier alpha value is -1.22. The summed E-state index contributed by atoms with van der Waals surface area (Å²) in [6, 6.07) is 3.88. The minimum Gasteiger partial charge on any atom is -0.298 e. The molecule has 0 N–H and O–H groups in total. The average molecular weight is 232 g/mol. The van der Waals surface area contributed by atoms with Gasteiger partial charge in [0.15, 0.2) is 5.78 Å². The molecule has 0 aromatic carbocycles. The van der Waals surface area contributed by atoms with E-state index in [0.717, 1.165) is 17.8 Å². The van der Waals surface area contributed by atoms with Gasteiger partial charge in [-0.15, -0.1) is 0 Å². The summed E-state index contributed by atoms with van der Waals surface area (Å²) >= 11 is 0. The number of Topliss-reactive ketones (excluding diaryl/α,β-unsaturated/α-hetero) is 1. The summed E-state index contributed by atoms with van der Waals surface area (Å²) in [6.45, 7) is 7.10. The molecule has 1 aliphatic rings. The van der Waals surface area contributed by atoms with Crippen LogP contribution in [0.5, 0.6) is 0 Å². The summed E-state index contributed by atoms with van der Waals surface area (Å²) < 4.78 is 0. The summed E-state index contributed by atoms with van der Waals surface area (Å²) in [5.41, 5.74) is 1.79. The Labute approximate surface area is 103 Å². The van der Waals surface area contributed by atoms with Gasteiger partial charge in [-0.2, -0.15) is 0 Å². The highest BCUT2D eigenvalue weighted by molar-refractivity contribution is 5.97. The van der Waals surface area contributed by atoms with Gasteiger partial charge in [0, 0.05) is 24.2 Å². The van der Waals surface area contributed by atoms with Gasteiger partial charge in [0.1, 0.15) is 0 Å². The number of ketones is 1. The molecule has 1 fully saturated rings. The number of carbonyl (C=O) groups excluding carboxylic acids is 1. The summed E-state index contributed by atoms with van der Waals surface area (Å²) in [5, 5.41) is 0. The van der Waals surface area contributed by atoms with Crippen molar-refractivity contribution in [3.63, 3.8) is 0 Å². The molecule has 2 heterocycles. The van der Waals surface area contributed by atoms with Gasteiger partial charge in [0.25, 0.3) is 0 Å². The standard InChI is InChI=1S/C14H20N2O/c1-11(2)14(17)12-5-6-13(15-9-12)10-16-7-3-4-8-16/h5-6,9,11H,3-4,7-8,10H2,1-2H3. The van der Waals surface area contributed by atoms with E-state index in [2.05, 4.69) is 9.88 Å². The van der Waals surface area contributed by atoms with E-state index in [9.17, 15) is 4.79 Å². The Morgan fingerprint density at radius 3 is 2.59 bits per heavy atom. The predicted octanol–water partition coefficient (Wildman–Crippen LogP) is 2.52. The number of carbonyl (C=O) groups is 1. The van der Waals surface area contributed by atoms with Gasteiger partial charge < -0.3 is 0 Å². The van der Waals surface area contributed by atoms with E-state index >= 15 is 0 Å². The number of rotatable bonds is 4. The summed E-state index contributed by atoms with van der Waals surface area (Å²) in [7, 11) is 0. The van der Waals surface area contributed by atoms with E-state index in [1.165, 1.54) is 25.9 Å². The third-order valence-corrected chi connectivity index (χ3v) is 3.22. The van der Waals surface area contributed by atoms with Crippen molar-refractivity contribution in [2.24, 2.45) is 5.92 Å².